The molecule has 2 rings (SSSR count). The van der Waals surface area contributed by atoms with E-state index in [0.29, 0.717) is 5.69 Å². The van der Waals surface area contributed by atoms with Crippen LogP contribution in [0.5, 0.6) is 0 Å². The average molecular weight is 244 g/mol. The molecular weight excluding hydrogens is 235 g/mol. The monoisotopic (exact) mass is 244 g/mol. The third kappa shape index (κ3) is 3.30. The Morgan fingerprint density at radius 3 is 2.71 bits per heavy atom. The molecule has 1 aromatic carbocycles. The molecule has 0 aliphatic heterocycles. The number of rotatable bonds is 3. The van der Waals surface area contributed by atoms with Crippen LogP contribution < -0.4 is 0 Å². The van der Waals surface area contributed by atoms with E-state index < -0.39 is 0 Å². The van der Waals surface area contributed by atoms with Crippen LogP contribution in [-0.2, 0) is 5.75 Å². The molecule has 0 aliphatic carbocycles. The summed E-state index contributed by atoms with van der Waals surface area (Å²) in [7, 11) is 0. The molecule has 17 heavy (non-hydrogen) atoms. The van der Waals surface area contributed by atoms with Crippen molar-refractivity contribution >= 4 is 11.8 Å². The van der Waals surface area contributed by atoms with Gasteiger partial charge in [-0.3, -0.25) is 0 Å². The van der Waals surface area contributed by atoms with Crippen LogP contribution in [0.15, 0.2) is 47.5 Å². The molecule has 0 amide bonds. The van der Waals surface area contributed by atoms with Gasteiger partial charge in [0, 0.05) is 16.8 Å². The van der Waals surface area contributed by atoms with Crippen molar-refractivity contribution in [1.82, 2.24) is 4.98 Å². The Bertz CT molecular complexity index is 546. The number of aromatic nitrogens is 1. The van der Waals surface area contributed by atoms with Crippen LogP contribution >= 0.6 is 11.8 Å². The molecule has 4 heteroatoms. The Morgan fingerprint density at radius 2 is 2.00 bits per heavy atom. The van der Waals surface area contributed by atoms with Gasteiger partial charge in [0.05, 0.1) is 0 Å². The van der Waals surface area contributed by atoms with Crippen LogP contribution in [0.2, 0.25) is 0 Å². The fourth-order valence-electron chi connectivity index (χ4n) is 1.31. The van der Waals surface area contributed by atoms with E-state index in [1.54, 1.807) is 36.2 Å². The number of nitriles is 1. The molecule has 0 fully saturated rings. The van der Waals surface area contributed by atoms with Crippen molar-refractivity contribution in [1.29, 1.82) is 5.26 Å². The van der Waals surface area contributed by atoms with Gasteiger partial charge >= 0.3 is 0 Å². The van der Waals surface area contributed by atoms with Gasteiger partial charge in [0.2, 0.25) is 0 Å². The molecule has 2 aromatic rings. The molecule has 0 N–H and O–H groups in total. The van der Waals surface area contributed by atoms with Gasteiger partial charge in [0.1, 0.15) is 17.6 Å². The number of halogens is 1. The summed E-state index contributed by atoms with van der Waals surface area (Å²) in [5.41, 5.74) is 1.46. The van der Waals surface area contributed by atoms with Crippen LogP contribution in [-0.4, -0.2) is 4.98 Å². The third-order valence-corrected chi connectivity index (χ3v) is 3.23. The highest BCUT2D eigenvalue weighted by molar-refractivity contribution is 7.98. The van der Waals surface area contributed by atoms with Crippen molar-refractivity contribution < 1.29 is 4.39 Å². The lowest BCUT2D eigenvalue weighted by atomic mass is 10.2. The molecule has 0 saturated heterocycles. The van der Waals surface area contributed by atoms with Crippen molar-refractivity contribution in [3.8, 4) is 6.07 Å². The minimum Gasteiger partial charge on any atom is -0.245 e. The summed E-state index contributed by atoms with van der Waals surface area (Å²) in [6.07, 6.45) is 1.62. The molecule has 84 valence electrons. The van der Waals surface area contributed by atoms with Crippen molar-refractivity contribution in [3.05, 3.63) is 59.7 Å². The fourth-order valence-corrected chi connectivity index (χ4v) is 2.19. The van der Waals surface area contributed by atoms with Crippen LogP contribution in [0.1, 0.15) is 11.3 Å². The number of benzene rings is 1. The largest absolute Gasteiger partial charge is 0.245 e. The Balaban J connectivity index is 2.02. The van der Waals surface area contributed by atoms with Gasteiger partial charge in [0.25, 0.3) is 0 Å². The number of thioether (sulfide) groups is 1. The standard InChI is InChI=1S/C13H9FN2S/c14-11-3-1-10(2-4-11)9-17-13-5-6-16-12(7-13)8-15/h1-7H,9H2. The van der Waals surface area contributed by atoms with Crippen molar-refractivity contribution in [2.75, 3.05) is 0 Å². The fraction of sp³-hybridized carbons (Fsp3) is 0.0769. The van der Waals surface area contributed by atoms with Crippen LogP contribution in [0, 0.1) is 17.1 Å². The lowest BCUT2D eigenvalue weighted by Crippen LogP contribution is -1.84. The molecule has 0 atom stereocenters. The van der Waals surface area contributed by atoms with Gasteiger partial charge in [-0.25, -0.2) is 9.37 Å². The third-order valence-electron chi connectivity index (χ3n) is 2.16. The lowest BCUT2D eigenvalue weighted by molar-refractivity contribution is 0.627. The average Bonchev–Trinajstić information content (AvgIpc) is 2.38. The van der Waals surface area contributed by atoms with E-state index in [1.807, 2.05) is 12.1 Å². The smallest absolute Gasteiger partial charge is 0.141 e. The first kappa shape index (κ1) is 11.6. The number of hydrogen-bond donors (Lipinski definition) is 0. The topological polar surface area (TPSA) is 36.7 Å². The number of hydrogen-bond acceptors (Lipinski definition) is 3. The molecule has 0 unspecified atom stereocenters. The first-order chi connectivity index (χ1) is 8.28. The zero-order chi connectivity index (χ0) is 12.1. The molecule has 2 nitrogen and oxygen atoms in total. The second kappa shape index (κ2) is 5.46. The lowest BCUT2D eigenvalue weighted by Gasteiger charge is -2.02. The molecule has 0 radical (unpaired) electrons. The summed E-state index contributed by atoms with van der Waals surface area (Å²) in [4.78, 5) is 4.89. The first-order valence-electron chi connectivity index (χ1n) is 5.01. The highest BCUT2D eigenvalue weighted by atomic mass is 32.2. The highest BCUT2D eigenvalue weighted by Crippen LogP contribution is 2.22. The Kier molecular flexibility index (Phi) is 3.73. The summed E-state index contributed by atoms with van der Waals surface area (Å²) >= 11 is 1.60. The maximum Gasteiger partial charge on any atom is 0.141 e. The molecule has 1 aromatic heterocycles. The summed E-state index contributed by atoms with van der Waals surface area (Å²) in [5.74, 6) is 0.518. The van der Waals surface area contributed by atoms with Crippen molar-refractivity contribution in [2.45, 2.75) is 10.6 Å². The Morgan fingerprint density at radius 1 is 1.24 bits per heavy atom. The quantitative estimate of drug-likeness (QED) is 0.776. The zero-order valence-corrected chi connectivity index (χ0v) is 9.75. The second-order valence-corrected chi connectivity index (χ2v) is 4.45. The van der Waals surface area contributed by atoms with E-state index >= 15 is 0 Å². The van der Waals surface area contributed by atoms with Crippen LogP contribution in [0.4, 0.5) is 4.39 Å². The number of pyridine rings is 1. The van der Waals surface area contributed by atoms with E-state index in [4.69, 9.17) is 5.26 Å². The molecule has 0 bridgehead atoms. The SMILES string of the molecule is N#Cc1cc(SCc2ccc(F)cc2)ccn1. The van der Waals surface area contributed by atoms with Gasteiger partial charge in [-0.15, -0.1) is 11.8 Å². The minimum absolute atomic E-state index is 0.227. The summed E-state index contributed by atoms with van der Waals surface area (Å²) in [6.45, 7) is 0. The predicted molar refractivity (Wildman–Crippen MR) is 64.9 cm³/mol. The van der Waals surface area contributed by atoms with E-state index in [2.05, 4.69) is 4.98 Å². The Hall–Kier alpha value is -1.86. The number of nitrogens with zero attached hydrogens (tertiary/aromatic N) is 2. The van der Waals surface area contributed by atoms with Gasteiger partial charge in [0.15, 0.2) is 0 Å². The Labute approximate surface area is 103 Å². The predicted octanol–water partition coefficient (Wildman–Crippen LogP) is 3.38. The maximum atomic E-state index is 12.7. The van der Waals surface area contributed by atoms with E-state index in [-0.39, 0.29) is 5.82 Å². The second-order valence-electron chi connectivity index (χ2n) is 3.40. The van der Waals surface area contributed by atoms with Gasteiger partial charge < -0.3 is 0 Å². The normalized spacial score (nSPS) is 9.88. The van der Waals surface area contributed by atoms with Crippen LogP contribution in [0.25, 0.3) is 0 Å². The van der Waals surface area contributed by atoms with Crippen molar-refractivity contribution in [3.63, 3.8) is 0 Å². The van der Waals surface area contributed by atoms with E-state index in [0.717, 1.165) is 16.2 Å². The molecule has 0 spiro atoms. The van der Waals surface area contributed by atoms with Crippen LogP contribution in [0.3, 0.4) is 0 Å². The van der Waals surface area contributed by atoms with Gasteiger partial charge in [-0.05, 0) is 29.8 Å². The summed E-state index contributed by atoms with van der Waals surface area (Å²) in [6, 6.07) is 12.0. The highest BCUT2D eigenvalue weighted by Gasteiger charge is 1.99. The maximum absolute atomic E-state index is 12.7. The first-order valence-corrected chi connectivity index (χ1v) is 6.00. The summed E-state index contributed by atoms with van der Waals surface area (Å²) < 4.78 is 12.7. The van der Waals surface area contributed by atoms with Crippen molar-refractivity contribution in [2.24, 2.45) is 0 Å². The van der Waals surface area contributed by atoms with E-state index in [9.17, 15) is 4.39 Å². The molecule has 1 heterocycles. The van der Waals surface area contributed by atoms with E-state index in [1.165, 1.54) is 12.1 Å². The van der Waals surface area contributed by atoms with Gasteiger partial charge in [-0.1, -0.05) is 12.1 Å². The van der Waals surface area contributed by atoms with Gasteiger partial charge in [-0.2, -0.15) is 5.26 Å². The molecular formula is C13H9FN2S. The molecule has 0 saturated carbocycles. The summed E-state index contributed by atoms with van der Waals surface area (Å²) in [5, 5.41) is 8.71. The zero-order valence-electron chi connectivity index (χ0n) is 8.93. The molecule has 0 aliphatic rings. The minimum atomic E-state index is -0.227.